The van der Waals surface area contributed by atoms with Crippen molar-refractivity contribution in [1.82, 2.24) is 0 Å². The third kappa shape index (κ3) is 1.39. The molecule has 0 bridgehead atoms. The molecule has 3 rings (SSSR count). The van der Waals surface area contributed by atoms with E-state index in [1.54, 1.807) is 6.07 Å². The van der Waals surface area contributed by atoms with E-state index in [1.165, 1.54) is 11.1 Å². The predicted molar refractivity (Wildman–Crippen MR) is 71.0 cm³/mol. The summed E-state index contributed by atoms with van der Waals surface area (Å²) < 4.78 is 0. The van der Waals surface area contributed by atoms with Crippen molar-refractivity contribution in [2.45, 2.75) is 19.3 Å². The SMILES string of the molecule is CCC1c2ccccc2-c2cccc(C(=O)O)c21. The van der Waals surface area contributed by atoms with Gasteiger partial charge in [-0.15, -0.1) is 0 Å². The Labute approximate surface area is 106 Å². The summed E-state index contributed by atoms with van der Waals surface area (Å²) in [4.78, 5) is 11.4. The van der Waals surface area contributed by atoms with Crippen LogP contribution in [0.4, 0.5) is 0 Å². The number of rotatable bonds is 2. The van der Waals surface area contributed by atoms with E-state index in [-0.39, 0.29) is 5.92 Å². The number of hydrogen-bond acceptors (Lipinski definition) is 1. The maximum atomic E-state index is 11.4. The number of aromatic carboxylic acids is 1. The van der Waals surface area contributed by atoms with Gasteiger partial charge < -0.3 is 5.11 Å². The molecule has 18 heavy (non-hydrogen) atoms. The van der Waals surface area contributed by atoms with E-state index in [0.717, 1.165) is 17.5 Å². The summed E-state index contributed by atoms with van der Waals surface area (Å²) >= 11 is 0. The molecule has 1 unspecified atom stereocenters. The van der Waals surface area contributed by atoms with Crippen LogP contribution in [0.25, 0.3) is 11.1 Å². The van der Waals surface area contributed by atoms with Gasteiger partial charge in [-0.3, -0.25) is 0 Å². The maximum absolute atomic E-state index is 11.4. The van der Waals surface area contributed by atoms with Crippen molar-refractivity contribution in [2.24, 2.45) is 0 Å². The molecule has 0 aliphatic heterocycles. The Morgan fingerprint density at radius 1 is 1.11 bits per heavy atom. The molecule has 90 valence electrons. The summed E-state index contributed by atoms with van der Waals surface area (Å²) in [6.07, 6.45) is 0.925. The lowest BCUT2D eigenvalue weighted by Gasteiger charge is -2.12. The lowest BCUT2D eigenvalue weighted by atomic mass is 9.91. The van der Waals surface area contributed by atoms with Gasteiger partial charge in [-0.05, 0) is 34.7 Å². The zero-order valence-corrected chi connectivity index (χ0v) is 10.2. The summed E-state index contributed by atoms with van der Waals surface area (Å²) in [5, 5.41) is 9.34. The zero-order valence-electron chi connectivity index (χ0n) is 10.2. The minimum Gasteiger partial charge on any atom is -0.478 e. The zero-order chi connectivity index (χ0) is 12.7. The molecule has 2 heteroatoms. The van der Waals surface area contributed by atoms with Crippen LogP contribution in [0.15, 0.2) is 42.5 Å². The predicted octanol–water partition coefficient (Wildman–Crippen LogP) is 3.91. The van der Waals surface area contributed by atoms with E-state index in [9.17, 15) is 9.90 Å². The van der Waals surface area contributed by atoms with Crippen LogP contribution in [0.2, 0.25) is 0 Å². The van der Waals surface area contributed by atoms with E-state index >= 15 is 0 Å². The summed E-state index contributed by atoms with van der Waals surface area (Å²) in [7, 11) is 0. The van der Waals surface area contributed by atoms with E-state index in [2.05, 4.69) is 19.1 Å². The molecule has 2 aromatic rings. The van der Waals surface area contributed by atoms with E-state index in [4.69, 9.17) is 0 Å². The van der Waals surface area contributed by atoms with Gasteiger partial charge in [0, 0.05) is 5.92 Å². The molecule has 1 aliphatic carbocycles. The van der Waals surface area contributed by atoms with Gasteiger partial charge in [-0.25, -0.2) is 4.79 Å². The van der Waals surface area contributed by atoms with Crippen LogP contribution in [0.1, 0.15) is 40.7 Å². The lowest BCUT2D eigenvalue weighted by molar-refractivity contribution is 0.0695. The first-order chi connectivity index (χ1) is 8.74. The second-order valence-electron chi connectivity index (χ2n) is 4.62. The van der Waals surface area contributed by atoms with Crippen molar-refractivity contribution in [2.75, 3.05) is 0 Å². The molecule has 0 aromatic heterocycles. The minimum atomic E-state index is -0.835. The minimum absolute atomic E-state index is 0.212. The normalized spacial score (nSPS) is 16.2. The van der Waals surface area contributed by atoms with Crippen molar-refractivity contribution in [1.29, 1.82) is 0 Å². The fraction of sp³-hybridized carbons (Fsp3) is 0.188. The van der Waals surface area contributed by atoms with E-state index < -0.39 is 5.97 Å². The van der Waals surface area contributed by atoms with Gasteiger partial charge >= 0.3 is 5.97 Å². The Kier molecular flexibility index (Phi) is 2.44. The molecule has 0 amide bonds. The third-order valence-corrected chi connectivity index (χ3v) is 3.72. The van der Waals surface area contributed by atoms with Crippen LogP contribution in [-0.4, -0.2) is 11.1 Å². The van der Waals surface area contributed by atoms with Gasteiger partial charge in [0.2, 0.25) is 0 Å². The average molecular weight is 238 g/mol. The number of fused-ring (bicyclic) bond motifs is 3. The van der Waals surface area contributed by atoms with Crippen LogP contribution >= 0.6 is 0 Å². The van der Waals surface area contributed by atoms with Gasteiger partial charge in [0.25, 0.3) is 0 Å². The molecule has 1 atom stereocenters. The standard InChI is InChI=1S/C16H14O2/c1-2-10-11-6-3-4-7-12(11)13-8-5-9-14(15(10)13)16(17)18/h3-10H,2H2,1H3,(H,17,18). The Morgan fingerprint density at radius 2 is 1.83 bits per heavy atom. The van der Waals surface area contributed by atoms with Gasteiger partial charge in [0.15, 0.2) is 0 Å². The van der Waals surface area contributed by atoms with Crippen molar-refractivity contribution in [3.8, 4) is 11.1 Å². The largest absolute Gasteiger partial charge is 0.478 e. The Bertz CT molecular complexity index is 629. The van der Waals surface area contributed by atoms with Gasteiger partial charge in [-0.1, -0.05) is 43.3 Å². The highest BCUT2D eigenvalue weighted by molar-refractivity contribution is 5.95. The third-order valence-electron chi connectivity index (χ3n) is 3.72. The highest BCUT2D eigenvalue weighted by Gasteiger charge is 2.30. The van der Waals surface area contributed by atoms with Crippen molar-refractivity contribution in [3.05, 3.63) is 59.2 Å². The molecule has 2 nitrogen and oxygen atoms in total. The van der Waals surface area contributed by atoms with Gasteiger partial charge in [0.1, 0.15) is 0 Å². The number of benzene rings is 2. The molecule has 0 saturated carbocycles. The smallest absolute Gasteiger partial charge is 0.336 e. The average Bonchev–Trinajstić information content (AvgIpc) is 2.72. The first kappa shape index (κ1) is 11.0. The number of hydrogen-bond donors (Lipinski definition) is 1. The quantitative estimate of drug-likeness (QED) is 0.861. The van der Waals surface area contributed by atoms with Crippen LogP contribution in [-0.2, 0) is 0 Å². The number of carboxylic acid groups (broad SMARTS) is 1. The van der Waals surface area contributed by atoms with Crippen LogP contribution in [0.3, 0.4) is 0 Å². The molecule has 0 saturated heterocycles. The molecule has 0 fully saturated rings. The number of carbonyl (C=O) groups is 1. The first-order valence-electron chi connectivity index (χ1n) is 6.19. The Morgan fingerprint density at radius 3 is 2.56 bits per heavy atom. The second-order valence-corrected chi connectivity index (χ2v) is 4.62. The van der Waals surface area contributed by atoms with Crippen LogP contribution in [0.5, 0.6) is 0 Å². The monoisotopic (exact) mass is 238 g/mol. The summed E-state index contributed by atoms with van der Waals surface area (Å²) in [5.41, 5.74) is 4.94. The molecule has 2 aromatic carbocycles. The van der Waals surface area contributed by atoms with Crippen molar-refractivity contribution >= 4 is 5.97 Å². The maximum Gasteiger partial charge on any atom is 0.336 e. The molecule has 1 aliphatic rings. The lowest BCUT2D eigenvalue weighted by Crippen LogP contribution is -2.05. The van der Waals surface area contributed by atoms with Crippen LogP contribution < -0.4 is 0 Å². The summed E-state index contributed by atoms with van der Waals surface area (Å²) in [5.74, 6) is -0.624. The topological polar surface area (TPSA) is 37.3 Å². The van der Waals surface area contributed by atoms with E-state index in [1.807, 2.05) is 24.3 Å². The van der Waals surface area contributed by atoms with Crippen molar-refractivity contribution < 1.29 is 9.90 Å². The summed E-state index contributed by atoms with van der Waals surface area (Å²) in [6, 6.07) is 13.8. The summed E-state index contributed by atoms with van der Waals surface area (Å²) in [6.45, 7) is 2.11. The van der Waals surface area contributed by atoms with E-state index in [0.29, 0.717) is 5.56 Å². The molecule has 1 N–H and O–H groups in total. The van der Waals surface area contributed by atoms with Crippen LogP contribution in [0, 0.1) is 0 Å². The molecular formula is C16H14O2. The fourth-order valence-corrected chi connectivity index (χ4v) is 2.99. The Hall–Kier alpha value is -2.09. The fourth-order valence-electron chi connectivity index (χ4n) is 2.99. The van der Waals surface area contributed by atoms with Crippen molar-refractivity contribution in [3.63, 3.8) is 0 Å². The molecular weight excluding hydrogens is 224 g/mol. The molecule has 0 spiro atoms. The Balaban J connectivity index is 2.33. The number of carboxylic acids is 1. The van der Waals surface area contributed by atoms with Gasteiger partial charge in [0.05, 0.1) is 5.56 Å². The first-order valence-corrected chi connectivity index (χ1v) is 6.19. The highest BCUT2D eigenvalue weighted by atomic mass is 16.4. The van der Waals surface area contributed by atoms with Gasteiger partial charge in [-0.2, -0.15) is 0 Å². The highest BCUT2D eigenvalue weighted by Crippen LogP contribution is 2.47. The molecule has 0 heterocycles. The second kappa shape index (κ2) is 3.98. The molecule has 0 radical (unpaired) electrons.